The standard InChI is InChI=1S/C16H27NOS/c1-13(11-15-8-6-10-19-15)17(2)12-14-7-4-3-5-9-16(14)18/h6,8,10,13-14,16,18H,3-5,7,9,11-12H2,1-2H3. The molecule has 19 heavy (non-hydrogen) atoms. The Morgan fingerprint density at radius 1 is 1.37 bits per heavy atom. The van der Waals surface area contributed by atoms with Gasteiger partial charge in [-0.25, -0.2) is 0 Å². The van der Waals surface area contributed by atoms with Crippen LogP contribution in [0, 0.1) is 5.92 Å². The largest absolute Gasteiger partial charge is 0.393 e. The van der Waals surface area contributed by atoms with E-state index in [0.29, 0.717) is 12.0 Å². The third kappa shape index (κ3) is 4.59. The van der Waals surface area contributed by atoms with E-state index in [9.17, 15) is 5.11 Å². The van der Waals surface area contributed by atoms with Crippen LogP contribution in [-0.2, 0) is 6.42 Å². The van der Waals surface area contributed by atoms with Gasteiger partial charge in [0.05, 0.1) is 6.10 Å². The molecule has 1 aromatic heterocycles. The molecule has 1 aromatic rings. The fraction of sp³-hybridized carbons (Fsp3) is 0.750. The molecule has 108 valence electrons. The molecule has 3 unspecified atom stereocenters. The first-order chi connectivity index (χ1) is 9.16. The van der Waals surface area contributed by atoms with Crippen LogP contribution in [0.2, 0.25) is 0 Å². The van der Waals surface area contributed by atoms with Crippen molar-refractivity contribution in [2.24, 2.45) is 5.92 Å². The lowest BCUT2D eigenvalue weighted by molar-refractivity contribution is 0.0713. The maximum Gasteiger partial charge on any atom is 0.0580 e. The Hall–Kier alpha value is -0.380. The van der Waals surface area contributed by atoms with E-state index < -0.39 is 0 Å². The van der Waals surface area contributed by atoms with Crippen LogP contribution in [0.3, 0.4) is 0 Å². The fourth-order valence-electron chi connectivity index (χ4n) is 3.00. The Bertz CT molecular complexity index is 352. The highest BCUT2D eigenvalue weighted by Crippen LogP contribution is 2.25. The summed E-state index contributed by atoms with van der Waals surface area (Å²) in [6.45, 7) is 3.33. The average molecular weight is 281 g/mol. The van der Waals surface area contributed by atoms with Crippen LogP contribution >= 0.6 is 11.3 Å². The van der Waals surface area contributed by atoms with Crippen LogP contribution in [0.1, 0.15) is 43.9 Å². The predicted molar refractivity (Wildman–Crippen MR) is 82.7 cm³/mol. The Labute approximate surface area is 121 Å². The predicted octanol–water partition coefficient (Wildman–Crippen LogP) is 3.55. The monoisotopic (exact) mass is 281 g/mol. The van der Waals surface area contributed by atoms with Gasteiger partial charge in [0, 0.05) is 17.5 Å². The van der Waals surface area contributed by atoms with Gasteiger partial charge in [-0.1, -0.05) is 25.3 Å². The molecule has 0 aromatic carbocycles. The van der Waals surface area contributed by atoms with Gasteiger partial charge in [-0.2, -0.15) is 0 Å². The number of aliphatic hydroxyl groups excluding tert-OH is 1. The molecule has 1 aliphatic carbocycles. The van der Waals surface area contributed by atoms with Crippen LogP contribution in [0.25, 0.3) is 0 Å². The van der Waals surface area contributed by atoms with Crippen molar-refractivity contribution < 1.29 is 5.11 Å². The minimum Gasteiger partial charge on any atom is -0.393 e. The highest BCUT2D eigenvalue weighted by Gasteiger charge is 2.24. The van der Waals surface area contributed by atoms with E-state index in [1.807, 2.05) is 11.3 Å². The molecule has 0 radical (unpaired) electrons. The molecular formula is C16H27NOS. The zero-order valence-electron chi connectivity index (χ0n) is 12.2. The summed E-state index contributed by atoms with van der Waals surface area (Å²) in [7, 11) is 2.20. The minimum absolute atomic E-state index is 0.0844. The lowest BCUT2D eigenvalue weighted by Crippen LogP contribution is -2.38. The van der Waals surface area contributed by atoms with Gasteiger partial charge in [-0.15, -0.1) is 11.3 Å². The van der Waals surface area contributed by atoms with Gasteiger partial charge < -0.3 is 10.0 Å². The normalized spacial score (nSPS) is 26.3. The van der Waals surface area contributed by atoms with E-state index in [2.05, 4.69) is 36.4 Å². The minimum atomic E-state index is -0.0844. The Kier molecular flexibility index (Phi) is 5.86. The summed E-state index contributed by atoms with van der Waals surface area (Å²) >= 11 is 1.84. The van der Waals surface area contributed by atoms with E-state index in [4.69, 9.17) is 0 Å². The van der Waals surface area contributed by atoms with E-state index in [-0.39, 0.29) is 6.10 Å². The molecule has 1 heterocycles. The van der Waals surface area contributed by atoms with Crippen molar-refractivity contribution in [1.82, 2.24) is 4.90 Å². The van der Waals surface area contributed by atoms with Gasteiger partial charge in [0.1, 0.15) is 0 Å². The Balaban J connectivity index is 1.83. The summed E-state index contributed by atoms with van der Waals surface area (Å²) < 4.78 is 0. The summed E-state index contributed by atoms with van der Waals surface area (Å²) in [4.78, 5) is 3.89. The average Bonchev–Trinajstić information content (AvgIpc) is 2.81. The molecular weight excluding hydrogens is 254 g/mol. The lowest BCUT2D eigenvalue weighted by atomic mass is 9.96. The number of nitrogens with zero attached hydrogens (tertiary/aromatic N) is 1. The highest BCUT2D eigenvalue weighted by atomic mass is 32.1. The molecule has 3 atom stereocenters. The van der Waals surface area contributed by atoms with Crippen molar-refractivity contribution >= 4 is 11.3 Å². The van der Waals surface area contributed by atoms with Crippen molar-refractivity contribution in [3.05, 3.63) is 22.4 Å². The Morgan fingerprint density at radius 2 is 2.16 bits per heavy atom. The Morgan fingerprint density at radius 3 is 2.89 bits per heavy atom. The molecule has 2 nitrogen and oxygen atoms in total. The fourth-order valence-corrected chi connectivity index (χ4v) is 3.83. The summed E-state index contributed by atoms with van der Waals surface area (Å²) in [5, 5.41) is 12.4. The highest BCUT2D eigenvalue weighted by molar-refractivity contribution is 7.09. The second-order valence-corrected chi connectivity index (χ2v) is 7.07. The molecule has 1 aliphatic rings. The van der Waals surface area contributed by atoms with Gasteiger partial charge in [-0.3, -0.25) is 0 Å². The number of rotatable bonds is 5. The molecule has 0 saturated heterocycles. The molecule has 0 bridgehead atoms. The third-order valence-electron chi connectivity index (χ3n) is 4.47. The zero-order chi connectivity index (χ0) is 13.7. The lowest BCUT2D eigenvalue weighted by Gasteiger charge is -2.30. The molecule has 2 rings (SSSR count). The zero-order valence-corrected chi connectivity index (χ0v) is 13.0. The number of likely N-dealkylation sites (N-methyl/N-ethyl adjacent to an activating group) is 1. The maximum absolute atomic E-state index is 10.2. The van der Waals surface area contributed by atoms with Crippen LogP contribution < -0.4 is 0 Å². The van der Waals surface area contributed by atoms with Crippen LogP contribution in [0.4, 0.5) is 0 Å². The van der Waals surface area contributed by atoms with Crippen molar-refractivity contribution in [2.45, 2.75) is 57.6 Å². The number of aliphatic hydroxyl groups is 1. The van der Waals surface area contributed by atoms with Crippen molar-refractivity contribution in [1.29, 1.82) is 0 Å². The molecule has 3 heteroatoms. The molecule has 1 saturated carbocycles. The first-order valence-corrected chi connectivity index (χ1v) is 8.45. The van der Waals surface area contributed by atoms with Crippen LogP contribution in [-0.4, -0.2) is 35.7 Å². The van der Waals surface area contributed by atoms with Crippen LogP contribution in [0.5, 0.6) is 0 Å². The molecule has 1 N–H and O–H groups in total. The number of hydrogen-bond acceptors (Lipinski definition) is 3. The van der Waals surface area contributed by atoms with Crippen molar-refractivity contribution in [3.63, 3.8) is 0 Å². The molecule has 0 aliphatic heterocycles. The van der Waals surface area contributed by atoms with Gasteiger partial charge in [0.15, 0.2) is 0 Å². The second kappa shape index (κ2) is 7.41. The molecule has 0 spiro atoms. The van der Waals surface area contributed by atoms with E-state index in [1.165, 1.54) is 30.6 Å². The van der Waals surface area contributed by atoms with Crippen molar-refractivity contribution in [3.8, 4) is 0 Å². The first kappa shape index (κ1) is 15.0. The second-order valence-electron chi connectivity index (χ2n) is 6.04. The number of hydrogen-bond donors (Lipinski definition) is 1. The molecule has 0 amide bonds. The maximum atomic E-state index is 10.2. The summed E-state index contributed by atoms with van der Waals surface area (Å²) in [5.41, 5.74) is 0. The van der Waals surface area contributed by atoms with Gasteiger partial charge in [-0.05, 0) is 50.6 Å². The van der Waals surface area contributed by atoms with E-state index >= 15 is 0 Å². The quantitative estimate of drug-likeness (QED) is 0.834. The van der Waals surface area contributed by atoms with Crippen LogP contribution in [0.15, 0.2) is 17.5 Å². The summed E-state index contributed by atoms with van der Waals surface area (Å²) in [6, 6.07) is 4.89. The van der Waals surface area contributed by atoms with E-state index in [1.54, 1.807) is 0 Å². The van der Waals surface area contributed by atoms with Gasteiger partial charge in [0.2, 0.25) is 0 Å². The topological polar surface area (TPSA) is 23.5 Å². The first-order valence-electron chi connectivity index (χ1n) is 7.57. The van der Waals surface area contributed by atoms with Crippen molar-refractivity contribution in [2.75, 3.05) is 13.6 Å². The van der Waals surface area contributed by atoms with E-state index in [0.717, 1.165) is 19.4 Å². The SMILES string of the molecule is CC(Cc1cccs1)N(C)CC1CCCCCC1O. The third-order valence-corrected chi connectivity index (χ3v) is 5.37. The summed E-state index contributed by atoms with van der Waals surface area (Å²) in [6.07, 6.45) is 7.01. The van der Waals surface area contributed by atoms with Gasteiger partial charge in [0.25, 0.3) is 0 Å². The molecule has 1 fully saturated rings. The summed E-state index contributed by atoms with van der Waals surface area (Å²) in [5.74, 6) is 0.471. The smallest absolute Gasteiger partial charge is 0.0580 e. The number of thiophene rings is 1. The van der Waals surface area contributed by atoms with Gasteiger partial charge >= 0.3 is 0 Å².